The first-order chi connectivity index (χ1) is 9.65. The number of benzene rings is 1. The molecule has 1 aromatic carbocycles. The number of nitrogens with zero attached hydrogens (tertiary/aromatic N) is 1. The zero-order chi connectivity index (χ0) is 16.2. The second-order valence-corrected chi connectivity index (χ2v) is 6.00. The van der Waals surface area contributed by atoms with Crippen LogP contribution in [-0.2, 0) is 12.6 Å². The fourth-order valence-corrected chi connectivity index (χ4v) is 2.36. The van der Waals surface area contributed by atoms with Crippen LogP contribution in [0.15, 0.2) is 18.2 Å². The SMILES string of the molecule is CCC(N)Cc1ccc(N(C)CC(C)C)c(C(F)(F)F)c1. The maximum atomic E-state index is 13.3. The van der Waals surface area contributed by atoms with Crippen molar-refractivity contribution < 1.29 is 13.2 Å². The van der Waals surface area contributed by atoms with E-state index >= 15 is 0 Å². The van der Waals surface area contributed by atoms with Gasteiger partial charge >= 0.3 is 6.18 Å². The molecule has 0 fully saturated rings. The van der Waals surface area contributed by atoms with Crippen molar-refractivity contribution in [2.24, 2.45) is 11.7 Å². The summed E-state index contributed by atoms with van der Waals surface area (Å²) in [6.45, 7) is 6.48. The van der Waals surface area contributed by atoms with Crippen LogP contribution in [0, 0.1) is 5.92 Å². The Kier molecular flexibility index (Phi) is 6.08. The summed E-state index contributed by atoms with van der Waals surface area (Å²) in [6.07, 6.45) is -3.14. The summed E-state index contributed by atoms with van der Waals surface area (Å²) in [5, 5.41) is 0. The van der Waals surface area contributed by atoms with Crippen LogP contribution in [0.5, 0.6) is 0 Å². The van der Waals surface area contributed by atoms with Crippen molar-refractivity contribution in [2.75, 3.05) is 18.5 Å². The third-order valence-corrected chi connectivity index (χ3v) is 3.44. The van der Waals surface area contributed by atoms with Gasteiger partial charge in [-0.3, -0.25) is 0 Å². The number of alkyl halides is 3. The molecule has 1 rings (SSSR count). The van der Waals surface area contributed by atoms with Crippen molar-refractivity contribution in [3.63, 3.8) is 0 Å². The van der Waals surface area contributed by atoms with Crippen LogP contribution in [0.1, 0.15) is 38.3 Å². The van der Waals surface area contributed by atoms with Gasteiger partial charge in [0, 0.05) is 25.3 Å². The normalized spacial score (nSPS) is 13.6. The lowest BCUT2D eigenvalue weighted by atomic mass is 10.0. The van der Waals surface area contributed by atoms with E-state index in [2.05, 4.69) is 0 Å². The van der Waals surface area contributed by atoms with Crippen LogP contribution in [0.25, 0.3) is 0 Å². The average Bonchev–Trinajstić information content (AvgIpc) is 2.36. The van der Waals surface area contributed by atoms with Crippen molar-refractivity contribution in [3.05, 3.63) is 29.3 Å². The van der Waals surface area contributed by atoms with E-state index in [0.717, 1.165) is 6.42 Å². The summed E-state index contributed by atoms with van der Waals surface area (Å²) in [5.41, 5.74) is 6.12. The van der Waals surface area contributed by atoms with Crippen molar-refractivity contribution >= 4 is 5.69 Å². The number of rotatable bonds is 6. The summed E-state index contributed by atoms with van der Waals surface area (Å²) < 4.78 is 39.9. The Hall–Kier alpha value is -1.23. The van der Waals surface area contributed by atoms with E-state index in [1.54, 1.807) is 24.1 Å². The molecule has 0 bridgehead atoms. The summed E-state index contributed by atoms with van der Waals surface area (Å²) in [5.74, 6) is 0.296. The first-order valence-corrected chi connectivity index (χ1v) is 7.32. The van der Waals surface area contributed by atoms with Gasteiger partial charge in [-0.25, -0.2) is 0 Å². The number of nitrogens with two attached hydrogens (primary N) is 1. The van der Waals surface area contributed by atoms with Crippen LogP contribution in [0.2, 0.25) is 0 Å². The average molecular weight is 302 g/mol. The molecule has 0 spiro atoms. The molecule has 21 heavy (non-hydrogen) atoms. The quantitative estimate of drug-likeness (QED) is 0.858. The standard InChI is InChI=1S/C16H25F3N2/c1-5-13(20)8-12-6-7-15(21(4)10-11(2)3)14(9-12)16(17,18)19/h6-7,9,11,13H,5,8,10,20H2,1-4H3. The van der Waals surface area contributed by atoms with Gasteiger partial charge in [-0.1, -0.05) is 26.8 Å². The molecule has 0 amide bonds. The number of hydrogen-bond acceptors (Lipinski definition) is 2. The molecule has 120 valence electrons. The van der Waals surface area contributed by atoms with E-state index in [-0.39, 0.29) is 11.7 Å². The number of halogens is 3. The Balaban J connectivity index is 3.14. The minimum atomic E-state index is -4.35. The molecule has 2 N–H and O–H groups in total. The Morgan fingerprint density at radius 1 is 1.24 bits per heavy atom. The monoisotopic (exact) mass is 302 g/mol. The zero-order valence-corrected chi connectivity index (χ0v) is 13.2. The highest BCUT2D eigenvalue weighted by Gasteiger charge is 2.34. The fraction of sp³-hybridized carbons (Fsp3) is 0.625. The first kappa shape index (κ1) is 17.8. The number of anilines is 1. The lowest BCUT2D eigenvalue weighted by Crippen LogP contribution is -2.26. The lowest BCUT2D eigenvalue weighted by molar-refractivity contribution is -0.137. The highest BCUT2D eigenvalue weighted by Crippen LogP contribution is 2.37. The zero-order valence-electron chi connectivity index (χ0n) is 13.2. The minimum absolute atomic E-state index is 0.106. The highest BCUT2D eigenvalue weighted by molar-refractivity contribution is 5.56. The molecule has 1 atom stereocenters. The fourth-order valence-electron chi connectivity index (χ4n) is 2.36. The van der Waals surface area contributed by atoms with Gasteiger partial charge in [-0.2, -0.15) is 13.2 Å². The second kappa shape index (κ2) is 7.16. The van der Waals surface area contributed by atoms with E-state index < -0.39 is 11.7 Å². The van der Waals surface area contributed by atoms with Crippen LogP contribution in [0.4, 0.5) is 18.9 Å². The van der Waals surface area contributed by atoms with E-state index in [9.17, 15) is 13.2 Å². The first-order valence-electron chi connectivity index (χ1n) is 7.32. The van der Waals surface area contributed by atoms with E-state index in [1.165, 1.54) is 6.07 Å². The summed E-state index contributed by atoms with van der Waals surface area (Å²) in [7, 11) is 1.70. The van der Waals surface area contributed by atoms with Crippen molar-refractivity contribution in [2.45, 2.75) is 45.8 Å². The lowest BCUT2D eigenvalue weighted by Gasteiger charge is -2.26. The highest BCUT2D eigenvalue weighted by atomic mass is 19.4. The predicted molar refractivity (Wildman–Crippen MR) is 81.5 cm³/mol. The molecule has 1 aromatic rings. The molecule has 0 saturated heterocycles. The molecule has 0 aliphatic heterocycles. The Morgan fingerprint density at radius 3 is 2.33 bits per heavy atom. The van der Waals surface area contributed by atoms with E-state index in [0.29, 0.717) is 24.4 Å². The molecular formula is C16H25F3N2. The Morgan fingerprint density at radius 2 is 1.86 bits per heavy atom. The molecule has 0 radical (unpaired) electrons. The largest absolute Gasteiger partial charge is 0.418 e. The summed E-state index contributed by atoms with van der Waals surface area (Å²) in [6, 6.07) is 4.44. The van der Waals surface area contributed by atoms with Gasteiger partial charge in [0.2, 0.25) is 0 Å². The Bertz CT molecular complexity index is 455. The van der Waals surface area contributed by atoms with Crippen LogP contribution < -0.4 is 10.6 Å². The van der Waals surface area contributed by atoms with E-state index in [4.69, 9.17) is 5.73 Å². The molecule has 0 heterocycles. The van der Waals surface area contributed by atoms with Gasteiger partial charge in [0.1, 0.15) is 0 Å². The van der Waals surface area contributed by atoms with Crippen molar-refractivity contribution in [1.29, 1.82) is 0 Å². The van der Waals surface area contributed by atoms with Gasteiger partial charge in [0.25, 0.3) is 0 Å². The molecule has 5 heteroatoms. The van der Waals surface area contributed by atoms with Crippen molar-refractivity contribution in [1.82, 2.24) is 0 Å². The molecule has 0 aliphatic rings. The third-order valence-electron chi connectivity index (χ3n) is 3.44. The third kappa shape index (κ3) is 5.23. The maximum absolute atomic E-state index is 13.3. The topological polar surface area (TPSA) is 29.3 Å². The minimum Gasteiger partial charge on any atom is -0.374 e. The molecule has 0 aliphatic carbocycles. The van der Waals surface area contributed by atoms with Gasteiger partial charge in [-0.15, -0.1) is 0 Å². The van der Waals surface area contributed by atoms with Gasteiger partial charge in [0.15, 0.2) is 0 Å². The van der Waals surface area contributed by atoms with Gasteiger partial charge in [0.05, 0.1) is 5.56 Å². The Labute approximate surface area is 125 Å². The summed E-state index contributed by atoms with van der Waals surface area (Å²) >= 11 is 0. The molecule has 1 unspecified atom stereocenters. The maximum Gasteiger partial charge on any atom is 0.418 e. The van der Waals surface area contributed by atoms with Crippen LogP contribution >= 0.6 is 0 Å². The van der Waals surface area contributed by atoms with Gasteiger partial charge < -0.3 is 10.6 Å². The van der Waals surface area contributed by atoms with Crippen LogP contribution in [-0.4, -0.2) is 19.6 Å². The predicted octanol–water partition coefficient (Wildman–Crippen LogP) is 4.08. The summed E-state index contributed by atoms with van der Waals surface area (Å²) in [4.78, 5) is 1.66. The smallest absolute Gasteiger partial charge is 0.374 e. The number of hydrogen-bond donors (Lipinski definition) is 1. The second-order valence-electron chi connectivity index (χ2n) is 6.00. The molecular weight excluding hydrogens is 277 g/mol. The molecule has 0 saturated carbocycles. The van der Waals surface area contributed by atoms with Crippen LogP contribution in [0.3, 0.4) is 0 Å². The van der Waals surface area contributed by atoms with Crippen molar-refractivity contribution in [3.8, 4) is 0 Å². The molecule has 0 aromatic heterocycles. The molecule has 2 nitrogen and oxygen atoms in total. The van der Waals surface area contributed by atoms with E-state index in [1.807, 2.05) is 20.8 Å². The van der Waals surface area contributed by atoms with Gasteiger partial charge in [-0.05, 0) is 36.5 Å².